The lowest BCUT2D eigenvalue weighted by atomic mass is 9.87. The summed E-state index contributed by atoms with van der Waals surface area (Å²) >= 11 is 0. The first-order valence-corrected chi connectivity index (χ1v) is 8.15. The van der Waals surface area contributed by atoms with E-state index in [4.69, 9.17) is 0 Å². The van der Waals surface area contributed by atoms with Gasteiger partial charge in [-0.15, -0.1) is 0 Å². The van der Waals surface area contributed by atoms with Gasteiger partial charge in [-0.1, -0.05) is 69.4 Å². The lowest BCUT2D eigenvalue weighted by Gasteiger charge is -2.23. The fourth-order valence-corrected chi connectivity index (χ4v) is 3.23. The van der Waals surface area contributed by atoms with E-state index in [9.17, 15) is 0 Å². The fourth-order valence-electron chi connectivity index (χ4n) is 3.23. The molecule has 1 aliphatic carbocycles. The van der Waals surface area contributed by atoms with E-state index in [-0.39, 0.29) is 0 Å². The molecule has 1 unspecified atom stereocenters. The molecule has 1 N–H and O–H groups in total. The summed E-state index contributed by atoms with van der Waals surface area (Å²) in [6.07, 6.45) is 11.1. The molecule has 0 spiro atoms. The second kappa shape index (κ2) is 8.37. The summed E-state index contributed by atoms with van der Waals surface area (Å²) in [5.41, 5.74) is 1.46. The number of nitrogens with one attached hydrogen (secondary N) is 1. The van der Waals surface area contributed by atoms with E-state index in [0.29, 0.717) is 6.04 Å². The minimum atomic E-state index is 0.644. The Labute approximate surface area is 118 Å². The Kier molecular flexibility index (Phi) is 6.43. The minimum absolute atomic E-state index is 0.644. The van der Waals surface area contributed by atoms with Gasteiger partial charge in [0, 0.05) is 6.04 Å². The van der Waals surface area contributed by atoms with Crippen molar-refractivity contribution in [3.05, 3.63) is 35.9 Å². The summed E-state index contributed by atoms with van der Waals surface area (Å²) in [4.78, 5) is 0. The summed E-state index contributed by atoms with van der Waals surface area (Å²) in [6.45, 7) is 3.50. The van der Waals surface area contributed by atoms with Crippen molar-refractivity contribution in [1.29, 1.82) is 0 Å². The molecule has 0 aromatic heterocycles. The minimum Gasteiger partial charge on any atom is -0.314 e. The molecule has 0 heterocycles. The average Bonchev–Trinajstić information content (AvgIpc) is 2.48. The quantitative estimate of drug-likeness (QED) is 0.756. The Hall–Kier alpha value is -0.820. The highest BCUT2D eigenvalue weighted by Gasteiger charge is 2.13. The van der Waals surface area contributed by atoms with E-state index in [0.717, 1.165) is 5.92 Å². The van der Waals surface area contributed by atoms with E-state index in [1.165, 1.54) is 63.5 Å². The molecular weight excluding hydrogens is 230 g/mol. The molecule has 0 amide bonds. The number of hydrogen-bond acceptors (Lipinski definition) is 1. The largest absolute Gasteiger partial charge is 0.314 e. The van der Waals surface area contributed by atoms with Gasteiger partial charge in [-0.05, 0) is 37.3 Å². The zero-order valence-electron chi connectivity index (χ0n) is 12.4. The van der Waals surface area contributed by atoms with Gasteiger partial charge in [0.25, 0.3) is 0 Å². The molecule has 0 aliphatic heterocycles. The second-order valence-electron chi connectivity index (χ2n) is 6.04. The Morgan fingerprint density at radius 2 is 1.84 bits per heavy atom. The summed E-state index contributed by atoms with van der Waals surface area (Å²) in [5, 5.41) is 3.77. The molecule has 1 nitrogen and oxygen atoms in total. The molecule has 1 aliphatic rings. The maximum Gasteiger partial charge on any atom is 0.0105 e. The molecule has 19 heavy (non-hydrogen) atoms. The standard InChI is InChI=1S/C18H29N/c1-2-18(15-17-11-7-4-8-12-17)19-14-13-16-9-5-3-6-10-16/h4,7-8,11-12,16,18-19H,2-3,5-6,9-10,13-15H2,1H3. The van der Waals surface area contributed by atoms with Gasteiger partial charge in [0.15, 0.2) is 0 Å². The van der Waals surface area contributed by atoms with Crippen LogP contribution >= 0.6 is 0 Å². The van der Waals surface area contributed by atoms with Crippen molar-refractivity contribution in [3.63, 3.8) is 0 Å². The molecule has 0 saturated heterocycles. The summed E-state index contributed by atoms with van der Waals surface area (Å²) < 4.78 is 0. The van der Waals surface area contributed by atoms with Crippen LogP contribution in [-0.2, 0) is 6.42 Å². The third-order valence-corrected chi connectivity index (χ3v) is 4.53. The molecule has 1 atom stereocenters. The second-order valence-corrected chi connectivity index (χ2v) is 6.04. The molecule has 0 radical (unpaired) electrons. The SMILES string of the molecule is CCC(Cc1ccccc1)NCCC1CCCCC1. The van der Waals surface area contributed by atoms with Gasteiger partial charge in [0.05, 0.1) is 0 Å². The normalized spacial score (nSPS) is 18.4. The molecule has 0 bridgehead atoms. The van der Waals surface area contributed by atoms with Gasteiger partial charge < -0.3 is 5.32 Å². The monoisotopic (exact) mass is 259 g/mol. The van der Waals surface area contributed by atoms with Crippen molar-refractivity contribution in [2.45, 2.75) is 64.3 Å². The van der Waals surface area contributed by atoms with Crippen molar-refractivity contribution < 1.29 is 0 Å². The maximum absolute atomic E-state index is 3.77. The number of benzene rings is 1. The van der Waals surface area contributed by atoms with Crippen LogP contribution in [0.1, 0.15) is 57.4 Å². The van der Waals surface area contributed by atoms with Crippen LogP contribution in [0.2, 0.25) is 0 Å². The Bertz CT molecular complexity index is 327. The van der Waals surface area contributed by atoms with E-state index < -0.39 is 0 Å². The highest BCUT2D eigenvalue weighted by Crippen LogP contribution is 2.25. The van der Waals surface area contributed by atoms with Crippen LogP contribution in [0, 0.1) is 5.92 Å². The van der Waals surface area contributed by atoms with Gasteiger partial charge >= 0.3 is 0 Å². The first-order chi connectivity index (χ1) is 9.38. The van der Waals surface area contributed by atoms with Crippen LogP contribution in [-0.4, -0.2) is 12.6 Å². The lowest BCUT2D eigenvalue weighted by Crippen LogP contribution is -2.32. The van der Waals surface area contributed by atoms with Gasteiger partial charge in [-0.25, -0.2) is 0 Å². The van der Waals surface area contributed by atoms with Crippen LogP contribution in [0.3, 0.4) is 0 Å². The predicted molar refractivity (Wildman–Crippen MR) is 83.4 cm³/mol. The molecular formula is C18H29N. The van der Waals surface area contributed by atoms with Crippen LogP contribution in [0.5, 0.6) is 0 Å². The Balaban J connectivity index is 1.67. The molecule has 1 saturated carbocycles. The van der Waals surface area contributed by atoms with E-state index >= 15 is 0 Å². The number of hydrogen-bond donors (Lipinski definition) is 1. The van der Waals surface area contributed by atoms with E-state index in [1.807, 2.05) is 0 Å². The van der Waals surface area contributed by atoms with E-state index in [1.54, 1.807) is 0 Å². The van der Waals surface area contributed by atoms with Gasteiger partial charge in [0.2, 0.25) is 0 Å². The van der Waals surface area contributed by atoms with E-state index in [2.05, 4.69) is 42.6 Å². The Morgan fingerprint density at radius 3 is 2.53 bits per heavy atom. The summed E-state index contributed by atoms with van der Waals surface area (Å²) in [6, 6.07) is 11.5. The molecule has 1 fully saturated rings. The highest BCUT2D eigenvalue weighted by atomic mass is 14.9. The zero-order valence-corrected chi connectivity index (χ0v) is 12.4. The topological polar surface area (TPSA) is 12.0 Å². The summed E-state index contributed by atoms with van der Waals surface area (Å²) in [7, 11) is 0. The molecule has 1 heteroatoms. The van der Waals surface area contributed by atoms with Crippen LogP contribution < -0.4 is 5.32 Å². The van der Waals surface area contributed by atoms with Crippen LogP contribution in [0.25, 0.3) is 0 Å². The van der Waals surface area contributed by atoms with Gasteiger partial charge in [-0.3, -0.25) is 0 Å². The molecule has 106 valence electrons. The predicted octanol–water partition coefficient (Wildman–Crippen LogP) is 4.57. The molecule has 1 aromatic rings. The van der Waals surface area contributed by atoms with Crippen molar-refractivity contribution in [3.8, 4) is 0 Å². The lowest BCUT2D eigenvalue weighted by molar-refractivity contribution is 0.326. The average molecular weight is 259 g/mol. The molecule has 1 aromatic carbocycles. The van der Waals surface area contributed by atoms with Crippen molar-refractivity contribution >= 4 is 0 Å². The third-order valence-electron chi connectivity index (χ3n) is 4.53. The highest BCUT2D eigenvalue weighted by molar-refractivity contribution is 5.15. The van der Waals surface area contributed by atoms with Crippen molar-refractivity contribution in [2.24, 2.45) is 5.92 Å². The van der Waals surface area contributed by atoms with Gasteiger partial charge in [-0.2, -0.15) is 0 Å². The van der Waals surface area contributed by atoms with Crippen molar-refractivity contribution in [2.75, 3.05) is 6.54 Å². The third kappa shape index (κ3) is 5.36. The fraction of sp³-hybridized carbons (Fsp3) is 0.667. The Morgan fingerprint density at radius 1 is 1.11 bits per heavy atom. The smallest absolute Gasteiger partial charge is 0.0105 e. The number of rotatable bonds is 7. The van der Waals surface area contributed by atoms with Crippen LogP contribution in [0.15, 0.2) is 30.3 Å². The van der Waals surface area contributed by atoms with Crippen molar-refractivity contribution in [1.82, 2.24) is 5.32 Å². The first-order valence-electron chi connectivity index (χ1n) is 8.15. The maximum atomic E-state index is 3.77. The van der Waals surface area contributed by atoms with Gasteiger partial charge in [0.1, 0.15) is 0 Å². The first kappa shape index (κ1) is 14.6. The van der Waals surface area contributed by atoms with Crippen LogP contribution in [0.4, 0.5) is 0 Å². The molecule has 2 rings (SSSR count). The zero-order chi connectivity index (χ0) is 13.3. The summed E-state index contributed by atoms with van der Waals surface area (Å²) in [5.74, 6) is 0.996.